The monoisotopic (exact) mass is 170 g/mol. The molecule has 0 saturated heterocycles. The first kappa shape index (κ1) is 10.8. The Labute approximate surface area is 71.6 Å². The average molecular weight is 170 g/mol. The molecule has 0 aromatic carbocycles. The van der Waals surface area contributed by atoms with Crippen molar-refractivity contribution in [1.29, 1.82) is 10.8 Å². The van der Waals surface area contributed by atoms with Crippen molar-refractivity contribution in [1.82, 2.24) is 0 Å². The normalized spacial score (nSPS) is 12.0. The topological polar surface area (TPSA) is 85.0 Å². The molecular formula is C8H14N2O2. The van der Waals surface area contributed by atoms with Crippen molar-refractivity contribution in [3.63, 3.8) is 0 Å². The molecule has 0 aromatic heterocycles. The number of hydrogen-bond acceptors (Lipinski definition) is 3. The lowest BCUT2D eigenvalue weighted by Crippen LogP contribution is -2.13. The summed E-state index contributed by atoms with van der Waals surface area (Å²) in [5.41, 5.74) is 0. The number of unbranched alkanes of at least 4 members (excludes halogenated alkanes) is 1. The van der Waals surface area contributed by atoms with Gasteiger partial charge in [-0.25, -0.2) is 0 Å². The average Bonchev–Trinajstić information content (AvgIpc) is 2.03. The maximum Gasteiger partial charge on any atom is 0.306 e. The Bertz CT molecular complexity index is 168. The van der Waals surface area contributed by atoms with Crippen molar-refractivity contribution in [3.05, 3.63) is 0 Å². The highest BCUT2D eigenvalue weighted by molar-refractivity contribution is 5.73. The molecule has 0 spiro atoms. The van der Waals surface area contributed by atoms with E-state index in [1.165, 1.54) is 6.21 Å². The summed E-state index contributed by atoms with van der Waals surface area (Å²) in [5, 5.41) is 22.2. The molecule has 0 bridgehead atoms. The molecule has 4 nitrogen and oxygen atoms in total. The van der Waals surface area contributed by atoms with E-state index in [1.54, 1.807) is 0 Å². The number of carboxylic acid groups (broad SMARTS) is 1. The second kappa shape index (κ2) is 6.52. The Balaban J connectivity index is 3.70. The second-order valence-electron chi connectivity index (χ2n) is 2.61. The summed E-state index contributed by atoms with van der Waals surface area (Å²) in [7, 11) is 0. The number of carbonyl (C=O) groups is 1. The highest BCUT2D eigenvalue weighted by Crippen LogP contribution is 2.10. The van der Waals surface area contributed by atoms with Gasteiger partial charge in [-0.3, -0.25) is 4.79 Å². The highest BCUT2D eigenvalue weighted by atomic mass is 16.4. The summed E-state index contributed by atoms with van der Waals surface area (Å²) in [5.74, 6) is -1.29. The molecule has 1 atom stereocenters. The Morgan fingerprint density at radius 1 is 1.42 bits per heavy atom. The van der Waals surface area contributed by atoms with Crippen LogP contribution in [0.4, 0.5) is 0 Å². The van der Waals surface area contributed by atoms with Crippen molar-refractivity contribution < 1.29 is 9.90 Å². The van der Waals surface area contributed by atoms with Gasteiger partial charge >= 0.3 is 5.97 Å². The van der Waals surface area contributed by atoms with Crippen LogP contribution < -0.4 is 0 Å². The smallest absolute Gasteiger partial charge is 0.306 e. The zero-order chi connectivity index (χ0) is 9.40. The van der Waals surface area contributed by atoms with Crippen LogP contribution in [-0.2, 0) is 4.79 Å². The van der Waals surface area contributed by atoms with Crippen molar-refractivity contribution in [3.8, 4) is 0 Å². The van der Waals surface area contributed by atoms with E-state index in [1.807, 2.05) is 0 Å². The lowest BCUT2D eigenvalue weighted by atomic mass is 9.99. The van der Waals surface area contributed by atoms with Crippen LogP contribution in [0.2, 0.25) is 0 Å². The van der Waals surface area contributed by atoms with Crippen LogP contribution >= 0.6 is 0 Å². The molecule has 4 heteroatoms. The number of hydrogen-bond donors (Lipinski definition) is 3. The standard InChI is InChI=1S/C8H14N2O2/c9-5-2-1-3-7(4-6-10)8(11)12/h5-7,9-10H,1-4H2,(H,11,12). The minimum absolute atomic E-state index is 0.299. The SMILES string of the molecule is N=CCCCC(CC=N)C(=O)O. The molecule has 0 aliphatic carbocycles. The van der Waals surface area contributed by atoms with Crippen LogP contribution in [0, 0.1) is 16.7 Å². The molecule has 0 aliphatic rings. The third kappa shape index (κ3) is 4.60. The Morgan fingerprint density at radius 2 is 2.08 bits per heavy atom. The van der Waals surface area contributed by atoms with E-state index in [0.29, 0.717) is 25.7 Å². The molecule has 0 radical (unpaired) electrons. The Hall–Kier alpha value is -1.19. The molecule has 0 amide bonds. The van der Waals surface area contributed by atoms with Crippen molar-refractivity contribution in [2.24, 2.45) is 5.92 Å². The van der Waals surface area contributed by atoms with Crippen LogP contribution in [0.25, 0.3) is 0 Å². The van der Waals surface area contributed by atoms with E-state index in [0.717, 1.165) is 6.21 Å². The van der Waals surface area contributed by atoms with E-state index in [9.17, 15) is 4.79 Å². The molecule has 68 valence electrons. The van der Waals surface area contributed by atoms with Gasteiger partial charge in [0.2, 0.25) is 0 Å². The molecule has 3 N–H and O–H groups in total. The van der Waals surface area contributed by atoms with Crippen molar-refractivity contribution in [2.75, 3.05) is 0 Å². The largest absolute Gasteiger partial charge is 0.481 e. The van der Waals surface area contributed by atoms with Crippen LogP contribution in [0.5, 0.6) is 0 Å². The molecule has 0 saturated carbocycles. The summed E-state index contributed by atoms with van der Waals surface area (Å²) < 4.78 is 0. The minimum Gasteiger partial charge on any atom is -0.481 e. The minimum atomic E-state index is -0.844. The van der Waals surface area contributed by atoms with E-state index in [4.69, 9.17) is 15.9 Å². The van der Waals surface area contributed by atoms with Gasteiger partial charge in [0.05, 0.1) is 5.92 Å². The molecule has 0 heterocycles. The molecule has 0 fully saturated rings. The summed E-state index contributed by atoms with van der Waals surface area (Å²) in [6.07, 6.45) is 4.61. The van der Waals surface area contributed by atoms with Gasteiger partial charge in [-0.15, -0.1) is 0 Å². The zero-order valence-electron chi connectivity index (χ0n) is 6.92. The summed E-state index contributed by atoms with van der Waals surface area (Å²) in [4.78, 5) is 10.5. The van der Waals surface area contributed by atoms with E-state index < -0.39 is 11.9 Å². The van der Waals surface area contributed by atoms with Gasteiger partial charge in [-0.1, -0.05) is 0 Å². The van der Waals surface area contributed by atoms with Gasteiger partial charge < -0.3 is 15.9 Å². The fraction of sp³-hybridized carbons (Fsp3) is 0.625. The molecular weight excluding hydrogens is 156 g/mol. The zero-order valence-corrected chi connectivity index (χ0v) is 6.92. The first-order valence-corrected chi connectivity index (χ1v) is 3.93. The van der Waals surface area contributed by atoms with Crippen LogP contribution in [-0.4, -0.2) is 23.5 Å². The lowest BCUT2D eigenvalue weighted by molar-refractivity contribution is -0.141. The predicted molar refractivity (Wildman–Crippen MR) is 47.2 cm³/mol. The van der Waals surface area contributed by atoms with Crippen LogP contribution in [0.1, 0.15) is 25.7 Å². The van der Waals surface area contributed by atoms with Crippen molar-refractivity contribution >= 4 is 18.4 Å². The second-order valence-corrected chi connectivity index (χ2v) is 2.61. The van der Waals surface area contributed by atoms with Gasteiger partial charge in [0.25, 0.3) is 0 Å². The number of nitrogens with one attached hydrogen (secondary N) is 2. The summed E-state index contributed by atoms with van der Waals surface area (Å²) >= 11 is 0. The molecule has 12 heavy (non-hydrogen) atoms. The third-order valence-electron chi connectivity index (χ3n) is 1.65. The first-order chi connectivity index (χ1) is 5.72. The van der Waals surface area contributed by atoms with Gasteiger partial charge in [-0.2, -0.15) is 0 Å². The van der Waals surface area contributed by atoms with E-state index in [2.05, 4.69) is 0 Å². The van der Waals surface area contributed by atoms with Gasteiger partial charge in [0.1, 0.15) is 0 Å². The molecule has 1 unspecified atom stereocenters. The van der Waals surface area contributed by atoms with E-state index in [-0.39, 0.29) is 0 Å². The number of carboxylic acids is 1. The van der Waals surface area contributed by atoms with Gasteiger partial charge in [0.15, 0.2) is 0 Å². The van der Waals surface area contributed by atoms with Crippen LogP contribution in [0.15, 0.2) is 0 Å². The number of rotatable bonds is 7. The fourth-order valence-corrected chi connectivity index (χ4v) is 0.951. The highest BCUT2D eigenvalue weighted by Gasteiger charge is 2.14. The lowest BCUT2D eigenvalue weighted by Gasteiger charge is -2.07. The van der Waals surface area contributed by atoms with Crippen molar-refractivity contribution in [2.45, 2.75) is 25.7 Å². The first-order valence-electron chi connectivity index (χ1n) is 3.93. The van der Waals surface area contributed by atoms with Crippen LogP contribution in [0.3, 0.4) is 0 Å². The molecule has 0 aliphatic heterocycles. The maximum atomic E-state index is 10.5. The van der Waals surface area contributed by atoms with Gasteiger partial charge in [0, 0.05) is 0 Å². The summed E-state index contributed by atoms with van der Waals surface area (Å²) in [6, 6.07) is 0. The molecule has 0 aromatic rings. The maximum absolute atomic E-state index is 10.5. The number of aliphatic carboxylic acids is 1. The van der Waals surface area contributed by atoms with Gasteiger partial charge in [-0.05, 0) is 38.1 Å². The Morgan fingerprint density at radius 3 is 2.50 bits per heavy atom. The Kier molecular flexibility index (Phi) is 5.87. The van der Waals surface area contributed by atoms with E-state index >= 15 is 0 Å². The predicted octanol–water partition coefficient (Wildman–Crippen LogP) is 1.55. The fourth-order valence-electron chi connectivity index (χ4n) is 0.951. The third-order valence-corrected chi connectivity index (χ3v) is 1.65. The summed E-state index contributed by atoms with van der Waals surface area (Å²) in [6.45, 7) is 0. The molecule has 0 rings (SSSR count). The quantitative estimate of drug-likeness (QED) is 0.400.